The molecule has 2 unspecified atom stereocenters. The smallest absolute Gasteiger partial charge is 0.319 e. The molecule has 7 heteroatoms. The summed E-state index contributed by atoms with van der Waals surface area (Å²) in [6, 6.07) is 1.97. The Kier molecular flexibility index (Phi) is 3.97. The fourth-order valence-corrected chi connectivity index (χ4v) is 1.90. The number of amides is 2. The van der Waals surface area contributed by atoms with Gasteiger partial charge in [-0.25, -0.2) is 13.6 Å². The van der Waals surface area contributed by atoms with Gasteiger partial charge in [0.25, 0.3) is 0 Å². The SMILES string of the molecule is O=C(Nc1ccc(F)c(F)c1)NC1C=CC(C(=O)O)C1. The van der Waals surface area contributed by atoms with Crippen LogP contribution in [0.2, 0.25) is 0 Å². The van der Waals surface area contributed by atoms with E-state index in [0.717, 1.165) is 12.1 Å². The number of benzene rings is 1. The highest BCUT2D eigenvalue weighted by Gasteiger charge is 2.25. The van der Waals surface area contributed by atoms with Gasteiger partial charge in [-0.1, -0.05) is 12.2 Å². The predicted molar refractivity (Wildman–Crippen MR) is 67.2 cm³/mol. The second-order valence-corrected chi connectivity index (χ2v) is 4.40. The van der Waals surface area contributed by atoms with Crippen LogP contribution < -0.4 is 10.6 Å². The predicted octanol–water partition coefficient (Wildman–Crippen LogP) is 2.12. The summed E-state index contributed by atoms with van der Waals surface area (Å²) in [5.74, 6) is -3.64. The van der Waals surface area contributed by atoms with E-state index < -0.39 is 35.6 Å². The number of carboxylic acids is 1. The van der Waals surface area contributed by atoms with Crippen molar-refractivity contribution in [2.45, 2.75) is 12.5 Å². The van der Waals surface area contributed by atoms with Gasteiger partial charge in [-0.2, -0.15) is 0 Å². The number of nitrogens with one attached hydrogen (secondary N) is 2. The molecule has 0 saturated heterocycles. The summed E-state index contributed by atoms with van der Waals surface area (Å²) >= 11 is 0. The van der Waals surface area contributed by atoms with Crippen molar-refractivity contribution in [3.63, 3.8) is 0 Å². The van der Waals surface area contributed by atoms with E-state index in [-0.39, 0.29) is 12.1 Å². The first-order valence-electron chi connectivity index (χ1n) is 5.89. The molecule has 0 aromatic heterocycles. The zero-order chi connectivity index (χ0) is 14.7. The van der Waals surface area contributed by atoms with Crippen LogP contribution in [-0.4, -0.2) is 23.1 Å². The number of carboxylic acid groups (broad SMARTS) is 1. The minimum absolute atomic E-state index is 0.109. The highest BCUT2D eigenvalue weighted by molar-refractivity contribution is 5.89. The lowest BCUT2D eigenvalue weighted by molar-refractivity contribution is -0.140. The molecular weight excluding hydrogens is 270 g/mol. The van der Waals surface area contributed by atoms with E-state index >= 15 is 0 Å². The summed E-state index contributed by atoms with van der Waals surface area (Å²) in [5, 5.41) is 13.7. The normalized spacial score (nSPS) is 20.7. The van der Waals surface area contributed by atoms with Crippen molar-refractivity contribution in [3.05, 3.63) is 42.0 Å². The number of urea groups is 1. The molecule has 0 fully saturated rings. The Labute approximate surface area is 113 Å². The summed E-state index contributed by atoms with van der Waals surface area (Å²) in [6.45, 7) is 0. The molecule has 2 amide bonds. The molecule has 106 valence electrons. The van der Waals surface area contributed by atoms with E-state index in [1.807, 2.05) is 0 Å². The Bertz CT molecular complexity index is 575. The van der Waals surface area contributed by atoms with Crippen LogP contribution in [0.25, 0.3) is 0 Å². The fraction of sp³-hybridized carbons (Fsp3) is 0.231. The van der Waals surface area contributed by atoms with Gasteiger partial charge in [0.2, 0.25) is 0 Å². The molecule has 1 aliphatic carbocycles. The van der Waals surface area contributed by atoms with Crippen molar-refractivity contribution >= 4 is 17.7 Å². The summed E-state index contributed by atoms with van der Waals surface area (Å²) in [4.78, 5) is 22.4. The van der Waals surface area contributed by atoms with E-state index in [0.29, 0.717) is 0 Å². The maximum atomic E-state index is 13.0. The van der Waals surface area contributed by atoms with Gasteiger partial charge in [-0.3, -0.25) is 4.79 Å². The van der Waals surface area contributed by atoms with Gasteiger partial charge < -0.3 is 15.7 Å². The van der Waals surface area contributed by atoms with Crippen LogP contribution in [0, 0.1) is 17.6 Å². The number of carbonyl (C=O) groups is 2. The quantitative estimate of drug-likeness (QED) is 0.743. The van der Waals surface area contributed by atoms with Crippen molar-refractivity contribution in [2.24, 2.45) is 5.92 Å². The lowest BCUT2D eigenvalue weighted by Gasteiger charge is -2.13. The van der Waals surface area contributed by atoms with Crippen molar-refractivity contribution < 1.29 is 23.5 Å². The number of rotatable bonds is 3. The van der Waals surface area contributed by atoms with E-state index in [1.165, 1.54) is 12.1 Å². The largest absolute Gasteiger partial charge is 0.481 e. The zero-order valence-corrected chi connectivity index (χ0v) is 10.3. The first kappa shape index (κ1) is 14.0. The number of carbonyl (C=O) groups excluding carboxylic acids is 1. The Morgan fingerprint density at radius 3 is 2.55 bits per heavy atom. The first-order chi connectivity index (χ1) is 9.45. The minimum Gasteiger partial charge on any atom is -0.481 e. The molecule has 1 aromatic rings. The number of hydrogen-bond acceptors (Lipinski definition) is 2. The monoisotopic (exact) mass is 282 g/mol. The van der Waals surface area contributed by atoms with Gasteiger partial charge in [-0.05, 0) is 18.6 Å². The van der Waals surface area contributed by atoms with Gasteiger partial charge in [0.15, 0.2) is 11.6 Å². The van der Waals surface area contributed by atoms with Crippen LogP contribution in [0.15, 0.2) is 30.4 Å². The van der Waals surface area contributed by atoms with E-state index in [2.05, 4.69) is 10.6 Å². The van der Waals surface area contributed by atoms with Crippen molar-refractivity contribution in [1.29, 1.82) is 0 Å². The summed E-state index contributed by atoms with van der Waals surface area (Å²) in [6.07, 6.45) is 3.36. The minimum atomic E-state index is -1.06. The molecule has 0 aliphatic heterocycles. The number of anilines is 1. The molecule has 0 saturated carbocycles. The molecule has 2 atom stereocenters. The van der Waals surface area contributed by atoms with E-state index in [4.69, 9.17) is 5.11 Å². The standard InChI is InChI=1S/C13H12F2N2O3/c14-10-4-3-9(6-11(10)15)17-13(20)16-8-2-1-7(5-8)12(18)19/h1-4,6-8H,5H2,(H,18,19)(H2,16,17,20). The van der Waals surface area contributed by atoms with Crippen LogP contribution in [0.3, 0.4) is 0 Å². The lowest BCUT2D eigenvalue weighted by atomic mass is 10.1. The van der Waals surface area contributed by atoms with Gasteiger partial charge in [-0.15, -0.1) is 0 Å². The Hall–Kier alpha value is -2.44. The summed E-state index contributed by atoms with van der Waals surface area (Å²) in [5.41, 5.74) is 0.109. The third-order valence-corrected chi connectivity index (χ3v) is 2.89. The van der Waals surface area contributed by atoms with Crippen molar-refractivity contribution in [3.8, 4) is 0 Å². The summed E-state index contributed by atoms with van der Waals surface area (Å²) < 4.78 is 25.7. The van der Waals surface area contributed by atoms with Crippen LogP contribution in [0.4, 0.5) is 19.3 Å². The first-order valence-corrected chi connectivity index (χ1v) is 5.89. The van der Waals surface area contributed by atoms with Gasteiger partial charge in [0.05, 0.1) is 12.0 Å². The van der Waals surface area contributed by atoms with Crippen LogP contribution in [0.1, 0.15) is 6.42 Å². The molecule has 0 radical (unpaired) electrons. The number of aliphatic carboxylic acids is 1. The molecule has 0 spiro atoms. The average molecular weight is 282 g/mol. The molecule has 20 heavy (non-hydrogen) atoms. The van der Waals surface area contributed by atoms with Crippen LogP contribution >= 0.6 is 0 Å². The third-order valence-electron chi connectivity index (χ3n) is 2.89. The van der Waals surface area contributed by atoms with E-state index in [1.54, 1.807) is 6.08 Å². The summed E-state index contributed by atoms with van der Waals surface area (Å²) in [7, 11) is 0. The van der Waals surface area contributed by atoms with Crippen LogP contribution in [-0.2, 0) is 4.79 Å². The highest BCUT2D eigenvalue weighted by Crippen LogP contribution is 2.18. The maximum absolute atomic E-state index is 13.0. The Morgan fingerprint density at radius 2 is 1.95 bits per heavy atom. The molecule has 1 aliphatic rings. The van der Waals surface area contributed by atoms with Crippen molar-refractivity contribution in [2.75, 3.05) is 5.32 Å². The molecule has 1 aromatic carbocycles. The highest BCUT2D eigenvalue weighted by atomic mass is 19.2. The average Bonchev–Trinajstić information content (AvgIpc) is 2.82. The van der Waals surface area contributed by atoms with Gasteiger partial charge >= 0.3 is 12.0 Å². The molecule has 5 nitrogen and oxygen atoms in total. The maximum Gasteiger partial charge on any atom is 0.319 e. The second-order valence-electron chi connectivity index (χ2n) is 4.40. The Balaban J connectivity index is 1.89. The molecule has 0 heterocycles. The number of halogens is 2. The fourth-order valence-electron chi connectivity index (χ4n) is 1.90. The molecule has 0 bridgehead atoms. The van der Waals surface area contributed by atoms with E-state index in [9.17, 15) is 18.4 Å². The third kappa shape index (κ3) is 3.31. The van der Waals surface area contributed by atoms with Gasteiger partial charge in [0.1, 0.15) is 0 Å². The number of hydrogen-bond donors (Lipinski definition) is 3. The molecule has 3 N–H and O–H groups in total. The van der Waals surface area contributed by atoms with Crippen molar-refractivity contribution in [1.82, 2.24) is 5.32 Å². The topological polar surface area (TPSA) is 78.4 Å². The van der Waals surface area contributed by atoms with Gasteiger partial charge in [0, 0.05) is 11.8 Å². The molecule has 2 rings (SSSR count). The second kappa shape index (κ2) is 5.68. The lowest BCUT2D eigenvalue weighted by Crippen LogP contribution is -2.36. The Morgan fingerprint density at radius 1 is 1.20 bits per heavy atom. The molecular formula is C13H12F2N2O3. The zero-order valence-electron chi connectivity index (χ0n) is 10.3. The van der Waals surface area contributed by atoms with Crippen LogP contribution in [0.5, 0.6) is 0 Å².